The number of nitrogens with one attached hydrogen (secondary N) is 1. The molecule has 0 saturated carbocycles. The van der Waals surface area contributed by atoms with Crippen molar-refractivity contribution in [1.82, 2.24) is 5.32 Å². The summed E-state index contributed by atoms with van der Waals surface area (Å²) in [6.45, 7) is -0.699. The van der Waals surface area contributed by atoms with Gasteiger partial charge in [0.15, 0.2) is 17.7 Å². The SMILES string of the molecule is O=C(O)C1=C/C(=C/C=[N+]2c3cc(O[C@@H]4O[C@H](CO)[C@@H](O)[C@H](O)[C@H]4O)c(O)cc3C[C@H]2C(=O)O)C[C@@H](C(=O)O)N1. The van der Waals surface area contributed by atoms with Crippen molar-refractivity contribution in [2.45, 2.75) is 55.6 Å². The molecule has 0 spiro atoms. The summed E-state index contributed by atoms with van der Waals surface area (Å²) in [6, 6.07) is 0.167. The van der Waals surface area contributed by atoms with Crippen molar-refractivity contribution in [2.24, 2.45) is 0 Å². The van der Waals surface area contributed by atoms with E-state index in [2.05, 4.69) is 5.32 Å². The van der Waals surface area contributed by atoms with Gasteiger partial charge >= 0.3 is 17.9 Å². The number of rotatable bonds is 7. The quantitative estimate of drug-likeness (QED) is 0.161. The minimum atomic E-state index is -1.76. The summed E-state index contributed by atoms with van der Waals surface area (Å²) in [5, 5.41) is 80.9. The number of carbonyl (C=O) groups is 3. The van der Waals surface area contributed by atoms with E-state index in [1.54, 1.807) is 0 Å². The normalized spacial score (nSPS) is 32.3. The largest absolute Gasteiger partial charge is 0.504 e. The summed E-state index contributed by atoms with van der Waals surface area (Å²) in [4.78, 5) is 34.9. The molecule has 15 nitrogen and oxygen atoms in total. The maximum absolute atomic E-state index is 12.0. The molecule has 0 amide bonds. The van der Waals surface area contributed by atoms with Gasteiger partial charge in [-0.25, -0.2) is 14.4 Å². The van der Waals surface area contributed by atoms with Crippen LogP contribution >= 0.6 is 0 Å². The van der Waals surface area contributed by atoms with Crippen LogP contribution in [0.15, 0.2) is 35.6 Å². The molecule has 0 unspecified atom stereocenters. The van der Waals surface area contributed by atoms with Crippen molar-refractivity contribution in [1.29, 1.82) is 0 Å². The number of allylic oxidation sites excluding steroid dienone is 2. The van der Waals surface area contributed by atoms with Gasteiger partial charge in [-0.2, -0.15) is 4.58 Å². The molecule has 7 atom stereocenters. The van der Waals surface area contributed by atoms with E-state index in [4.69, 9.17) is 9.47 Å². The molecular weight excluding hydrogens is 524 g/mol. The number of aliphatic carboxylic acids is 3. The molecule has 3 heterocycles. The number of fused-ring (bicyclic) bond motifs is 1. The van der Waals surface area contributed by atoms with Gasteiger partial charge in [-0.05, 0) is 17.7 Å². The van der Waals surface area contributed by atoms with Crippen molar-refractivity contribution in [2.75, 3.05) is 6.61 Å². The van der Waals surface area contributed by atoms with Gasteiger partial charge < -0.3 is 55.6 Å². The summed E-state index contributed by atoms with van der Waals surface area (Å²) >= 11 is 0. The standard InChI is InChI=1S/C24H26N2O13/c27-8-17-18(29)19(30)20(31)24(39-17)38-16-7-13-10(6-15(16)28)5-14(23(36)37)26(13)2-1-9-3-11(21(32)33)25-12(4-9)22(34)35/h1-3,6-7,12,14,17-20,24,27,29-31H,4-5,8H2,(H4,28,32,33,34,35,36,37)/p+1/t12-,14-,17+,18+,19-,20+,24+/m0/s1. The van der Waals surface area contributed by atoms with Crippen LogP contribution in [0.3, 0.4) is 0 Å². The fourth-order valence-electron chi connectivity index (χ4n) is 4.58. The number of phenols is 1. The van der Waals surface area contributed by atoms with Crippen LogP contribution in [0.4, 0.5) is 5.69 Å². The lowest BCUT2D eigenvalue weighted by Crippen LogP contribution is -2.60. The van der Waals surface area contributed by atoms with Crippen LogP contribution in [0.5, 0.6) is 11.5 Å². The summed E-state index contributed by atoms with van der Waals surface area (Å²) in [7, 11) is 0. The average molecular weight is 551 g/mol. The molecule has 9 N–H and O–H groups in total. The van der Waals surface area contributed by atoms with Crippen molar-refractivity contribution >= 4 is 29.8 Å². The van der Waals surface area contributed by atoms with Gasteiger partial charge in [0.2, 0.25) is 12.0 Å². The number of carboxylic acids is 3. The third kappa shape index (κ3) is 5.57. The Hall–Kier alpha value is -4.02. The molecule has 0 radical (unpaired) electrons. The molecule has 3 aliphatic heterocycles. The van der Waals surface area contributed by atoms with Gasteiger partial charge in [0, 0.05) is 18.1 Å². The molecule has 3 aliphatic rings. The number of carboxylic acid groups (broad SMARTS) is 3. The number of aliphatic hydroxyl groups is 4. The Labute approximate surface area is 219 Å². The molecular formula is C24H27N2O13+. The molecule has 1 fully saturated rings. The number of phenolic OH excluding ortho intramolecular Hbond substituents is 1. The molecule has 1 saturated heterocycles. The number of hydrogen-bond acceptors (Lipinski definition) is 11. The van der Waals surface area contributed by atoms with E-state index in [9.17, 15) is 55.2 Å². The van der Waals surface area contributed by atoms with Crippen LogP contribution in [0.2, 0.25) is 0 Å². The Balaban J connectivity index is 1.69. The molecule has 1 aromatic carbocycles. The highest BCUT2D eigenvalue weighted by molar-refractivity contribution is 5.89. The molecule has 210 valence electrons. The Morgan fingerprint density at radius 3 is 2.38 bits per heavy atom. The number of benzene rings is 1. The third-order valence-electron chi connectivity index (χ3n) is 6.64. The predicted molar refractivity (Wildman–Crippen MR) is 127 cm³/mol. The Morgan fingerprint density at radius 2 is 1.77 bits per heavy atom. The number of ether oxygens (including phenoxy) is 2. The maximum atomic E-state index is 12.0. The summed E-state index contributed by atoms with van der Waals surface area (Å²) < 4.78 is 12.2. The van der Waals surface area contributed by atoms with Gasteiger partial charge in [0.05, 0.1) is 19.1 Å². The van der Waals surface area contributed by atoms with Crippen molar-refractivity contribution in [3.05, 3.63) is 41.1 Å². The molecule has 1 aromatic rings. The molecule has 39 heavy (non-hydrogen) atoms. The zero-order chi connectivity index (χ0) is 28.6. The Kier molecular flexibility index (Phi) is 7.89. The zero-order valence-electron chi connectivity index (χ0n) is 20.1. The van der Waals surface area contributed by atoms with Crippen molar-refractivity contribution in [3.63, 3.8) is 0 Å². The van der Waals surface area contributed by atoms with E-state index in [0.717, 1.165) is 0 Å². The highest BCUT2D eigenvalue weighted by atomic mass is 16.7. The van der Waals surface area contributed by atoms with Crippen LogP contribution in [-0.4, -0.2) is 119 Å². The lowest BCUT2D eigenvalue weighted by Gasteiger charge is -2.39. The maximum Gasteiger partial charge on any atom is 0.373 e. The monoisotopic (exact) mass is 551 g/mol. The fourth-order valence-corrected chi connectivity index (χ4v) is 4.58. The third-order valence-corrected chi connectivity index (χ3v) is 6.64. The van der Waals surface area contributed by atoms with E-state index in [0.29, 0.717) is 11.1 Å². The predicted octanol–water partition coefficient (Wildman–Crippen LogP) is -2.36. The van der Waals surface area contributed by atoms with Gasteiger partial charge in [0.1, 0.15) is 36.2 Å². The van der Waals surface area contributed by atoms with E-state index in [1.807, 2.05) is 0 Å². The number of aliphatic hydroxyl groups excluding tert-OH is 4. The molecule has 0 aromatic heterocycles. The second-order valence-electron chi connectivity index (χ2n) is 9.22. The smallest absolute Gasteiger partial charge is 0.373 e. The summed E-state index contributed by atoms with van der Waals surface area (Å²) in [6.07, 6.45) is -4.14. The van der Waals surface area contributed by atoms with Crippen LogP contribution in [0, 0.1) is 0 Å². The molecule has 0 bridgehead atoms. The average Bonchev–Trinajstić information content (AvgIpc) is 3.24. The van der Waals surface area contributed by atoms with E-state index < -0.39 is 73.1 Å². The molecule has 4 rings (SSSR count). The zero-order valence-corrected chi connectivity index (χ0v) is 20.1. The second kappa shape index (κ2) is 11.0. The Bertz CT molecular complexity index is 1270. The van der Waals surface area contributed by atoms with Crippen LogP contribution < -0.4 is 10.1 Å². The van der Waals surface area contributed by atoms with Gasteiger partial charge in [-0.15, -0.1) is 0 Å². The van der Waals surface area contributed by atoms with Crippen molar-refractivity contribution < 1.29 is 69.3 Å². The minimum Gasteiger partial charge on any atom is -0.504 e. The fraction of sp³-hybridized carbons (Fsp3) is 0.417. The van der Waals surface area contributed by atoms with Crippen LogP contribution in [0.1, 0.15) is 12.0 Å². The van der Waals surface area contributed by atoms with E-state index in [1.165, 1.54) is 35.1 Å². The minimum absolute atomic E-state index is 0.0340. The highest BCUT2D eigenvalue weighted by Gasteiger charge is 2.46. The van der Waals surface area contributed by atoms with Crippen LogP contribution in [-0.2, 0) is 25.5 Å². The topological polar surface area (TPSA) is 247 Å². The first kappa shape index (κ1) is 28.0. The number of nitrogens with zero attached hydrogens (tertiary/aromatic N) is 1. The van der Waals surface area contributed by atoms with Crippen molar-refractivity contribution in [3.8, 4) is 11.5 Å². The first-order valence-electron chi connectivity index (χ1n) is 11.7. The molecule has 15 heteroatoms. The second-order valence-corrected chi connectivity index (χ2v) is 9.22. The van der Waals surface area contributed by atoms with Crippen LogP contribution in [0.25, 0.3) is 0 Å². The van der Waals surface area contributed by atoms with Gasteiger partial charge in [-0.1, -0.05) is 0 Å². The van der Waals surface area contributed by atoms with E-state index >= 15 is 0 Å². The first-order valence-corrected chi connectivity index (χ1v) is 11.7. The number of aromatic hydroxyl groups is 1. The lowest BCUT2D eigenvalue weighted by molar-refractivity contribution is -0.456. The Morgan fingerprint density at radius 1 is 1.05 bits per heavy atom. The van der Waals surface area contributed by atoms with E-state index in [-0.39, 0.29) is 30.0 Å². The van der Waals surface area contributed by atoms with Gasteiger partial charge in [-0.3, -0.25) is 0 Å². The summed E-state index contributed by atoms with van der Waals surface area (Å²) in [5.74, 6) is -4.56. The van der Waals surface area contributed by atoms with Gasteiger partial charge in [0.25, 0.3) is 6.04 Å². The first-order chi connectivity index (χ1) is 18.4. The molecule has 0 aliphatic carbocycles. The number of hydrogen-bond donors (Lipinski definition) is 9. The highest BCUT2D eigenvalue weighted by Crippen LogP contribution is 2.40. The lowest BCUT2D eigenvalue weighted by atomic mass is 9.99. The summed E-state index contributed by atoms with van der Waals surface area (Å²) in [5.41, 5.74) is 0.631.